The van der Waals surface area contributed by atoms with Gasteiger partial charge in [-0.05, 0) is 6.92 Å². The molecule has 0 aliphatic carbocycles. The van der Waals surface area contributed by atoms with Gasteiger partial charge in [0.2, 0.25) is 0 Å². The van der Waals surface area contributed by atoms with Crippen molar-refractivity contribution in [2.45, 2.75) is 31.8 Å². The molecular formula is C11H16FN2O6P. The van der Waals surface area contributed by atoms with Gasteiger partial charge in [-0.15, -0.1) is 0 Å². The Bertz CT molecular complexity index is 680. The lowest BCUT2D eigenvalue weighted by Gasteiger charge is -2.16. The van der Waals surface area contributed by atoms with E-state index in [4.69, 9.17) is 9.63 Å². The number of halogens is 1. The van der Waals surface area contributed by atoms with Crippen molar-refractivity contribution < 1.29 is 23.1 Å². The molecule has 0 bridgehead atoms. The Kier molecular flexibility index (Phi) is 4.48. The van der Waals surface area contributed by atoms with Crippen LogP contribution in [0.4, 0.5) is 4.39 Å². The molecule has 1 saturated heterocycles. The molecule has 1 aromatic rings. The molecule has 10 heteroatoms. The monoisotopic (exact) mass is 322 g/mol. The Balaban J connectivity index is 2.14. The molecule has 1 aliphatic rings. The second kappa shape index (κ2) is 5.84. The van der Waals surface area contributed by atoms with E-state index >= 15 is 0 Å². The molecule has 1 fully saturated rings. The molecule has 0 amide bonds. The molecule has 2 N–H and O–H groups in total. The van der Waals surface area contributed by atoms with E-state index in [1.165, 1.54) is 13.1 Å². The largest absolute Gasteiger partial charge is 0.349 e. The van der Waals surface area contributed by atoms with Gasteiger partial charge in [0, 0.05) is 24.8 Å². The van der Waals surface area contributed by atoms with Gasteiger partial charge >= 0.3 is 13.3 Å². The summed E-state index contributed by atoms with van der Waals surface area (Å²) in [6, 6.07) is 0. The Morgan fingerprint density at radius 2 is 2.29 bits per heavy atom. The zero-order valence-corrected chi connectivity index (χ0v) is 12.4. The molecular weight excluding hydrogens is 306 g/mol. The lowest BCUT2D eigenvalue weighted by Crippen LogP contribution is -2.33. The zero-order valence-electron chi connectivity index (χ0n) is 11.5. The van der Waals surface area contributed by atoms with Crippen molar-refractivity contribution in [1.29, 1.82) is 0 Å². The normalized spacial score (nSPS) is 28.5. The van der Waals surface area contributed by atoms with Crippen LogP contribution in [0, 0.1) is 6.92 Å². The van der Waals surface area contributed by atoms with E-state index in [1.54, 1.807) is 0 Å². The molecule has 21 heavy (non-hydrogen) atoms. The maximum absolute atomic E-state index is 13.8. The van der Waals surface area contributed by atoms with Crippen molar-refractivity contribution >= 4 is 7.60 Å². The summed E-state index contributed by atoms with van der Waals surface area (Å²) in [7, 11) is -3.72. The van der Waals surface area contributed by atoms with Gasteiger partial charge in [-0.2, -0.15) is 0 Å². The van der Waals surface area contributed by atoms with Gasteiger partial charge < -0.3 is 14.2 Å². The van der Waals surface area contributed by atoms with Crippen LogP contribution in [-0.2, 0) is 13.8 Å². The van der Waals surface area contributed by atoms with E-state index in [2.05, 4.69) is 9.51 Å². The number of nitrogens with zero attached hydrogens (tertiary/aromatic N) is 1. The third-order valence-electron chi connectivity index (χ3n) is 3.10. The minimum atomic E-state index is -3.72. The summed E-state index contributed by atoms with van der Waals surface area (Å²) >= 11 is 0. The first-order chi connectivity index (χ1) is 9.67. The fourth-order valence-corrected chi connectivity index (χ4v) is 2.45. The van der Waals surface area contributed by atoms with E-state index < -0.39 is 37.3 Å². The minimum absolute atomic E-state index is 0.112. The van der Waals surface area contributed by atoms with Crippen LogP contribution in [-0.4, -0.2) is 40.0 Å². The molecule has 2 rings (SSSR count). The van der Waals surface area contributed by atoms with Gasteiger partial charge in [0.05, 0.1) is 6.61 Å². The van der Waals surface area contributed by atoms with Crippen LogP contribution in [0.1, 0.15) is 18.2 Å². The van der Waals surface area contributed by atoms with E-state index in [0.717, 1.165) is 11.2 Å². The minimum Gasteiger partial charge on any atom is -0.349 e. The van der Waals surface area contributed by atoms with Gasteiger partial charge in [0.1, 0.15) is 18.5 Å². The molecule has 0 saturated carbocycles. The molecule has 1 aliphatic heterocycles. The van der Waals surface area contributed by atoms with Crippen molar-refractivity contribution in [1.82, 2.24) is 9.55 Å². The fraction of sp³-hybridized carbons (Fsp3) is 0.636. The summed E-state index contributed by atoms with van der Waals surface area (Å²) in [5.74, 6) is 0. The first kappa shape index (κ1) is 16.1. The molecule has 1 unspecified atom stereocenters. The Labute approximate surface area is 119 Å². The predicted octanol–water partition coefficient (Wildman–Crippen LogP) is 0.302. The van der Waals surface area contributed by atoms with Crippen molar-refractivity contribution in [3.05, 3.63) is 32.6 Å². The van der Waals surface area contributed by atoms with Crippen molar-refractivity contribution in [2.75, 3.05) is 13.3 Å². The third-order valence-corrected chi connectivity index (χ3v) is 3.72. The summed E-state index contributed by atoms with van der Waals surface area (Å²) < 4.78 is 35.9. The van der Waals surface area contributed by atoms with Gasteiger partial charge in [0.25, 0.3) is 5.56 Å². The highest BCUT2D eigenvalue weighted by atomic mass is 31.2. The van der Waals surface area contributed by atoms with Crippen LogP contribution in [0.25, 0.3) is 0 Å². The SMILES string of the molecule is Cc1cn([C@H]2C[C@H](F)[C@@H](COP(C)(=O)O)O2)c(=O)[nH]c1=O. The number of hydrogen-bond donors (Lipinski definition) is 2. The standard InChI is InChI=1S/C11H16FN2O6P/c1-6-4-14(11(16)13-10(6)15)9-3-7(12)8(20-9)5-19-21(2,17)18/h4,7-9H,3,5H2,1-2H3,(H,17,18)(H,13,15,16)/t7-,8+,9+/m0/s1. The summed E-state index contributed by atoms with van der Waals surface area (Å²) in [5.41, 5.74) is -0.924. The topological polar surface area (TPSA) is 111 Å². The molecule has 2 heterocycles. The second-order valence-corrected chi connectivity index (χ2v) is 6.82. The van der Waals surface area contributed by atoms with Crippen molar-refractivity contribution in [3.8, 4) is 0 Å². The number of aromatic nitrogens is 2. The van der Waals surface area contributed by atoms with Crippen LogP contribution in [0.5, 0.6) is 0 Å². The number of H-pyrrole nitrogens is 1. The van der Waals surface area contributed by atoms with Crippen LogP contribution in [0.3, 0.4) is 0 Å². The molecule has 0 spiro atoms. The van der Waals surface area contributed by atoms with Crippen LogP contribution in [0.15, 0.2) is 15.8 Å². The van der Waals surface area contributed by atoms with E-state index in [1.807, 2.05) is 0 Å². The molecule has 0 radical (unpaired) electrons. The number of aromatic amines is 1. The predicted molar refractivity (Wildman–Crippen MR) is 71.2 cm³/mol. The lowest BCUT2D eigenvalue weighted by atomic mass is 10.2. The first-order valence-corrected chi connectivity index (χ1v) is 8.26. The van der Waals surface area contributed by atoms with Crippen LogP contribution >= 0.6 is 7.60 Å². The number of nitrogens with one attached hydrogen (secondary N) is 1. The Hall–Kier alpha value is -1.28. The summed E-state index contributed by atoms with van der Waals surface area (Å²) in [6.07, 6.45) is -2.21. The van der Waals surface area contributed by atoms with E-state index in [9.17, 15) is 18.5 Å². The maximum atomic E-state index is 13.8. The smallest absolute Gasteiger partial charge is 0.330 e. The number of rotatable bonds is 4. The van der Waals surface area contributed by atoms with Crippen molar-refractivity contribution in [3.63, 3.8) is 0 Å². The number of alkyl halides is 1. The average Bonchev–Trinajstić information content (AvgIpc) is 2.72. The molecule has 0 aromatic carbocycles. The highest BCUT2D eigenvalue weighted by Gasteiger charge is 2.38. The Morgan fingerprint density at radius 1 is 1.62 bits per heavy atom. The molecule has 1 aromatic heterocycles. The fourth-order valence-electron chi connectivity index (χ4n) is 2.02. The summed E-state index contributed by atoms with van der Waals surface area (Å²) in [5, 5.41) is 0. The Morgan fingerprint density at radius 3 is 2.90 bits per heavy atom. The molecule has 8 nitrogen and oxygen atoms in total. The highest BCUT2D eigenvalue weighted by Crippen LogP contribution is 2.39. The highest BCUT2D eigenvalue weighted by molar-refractivity contribution is 7.51. The first-order valence-electron chi connectivity index (χ1n) is 6.24. The quantitative estimate of drug-likeness (QED) is 0.772. The average molecular weight is 322 g/mol. The van der Waals surface area contributed by atoms with Gasteiger partial charge in [0.15, 0.2) is 0 Å². The lowest BCUT2D eigenvalue weighted by molar-refractivity contribution is -0.0320. The molecule has 118 valence electrons. The van der Waals surface area contributed by atoms with Gasteiger partial charge in [-0.25, -0.2) is 9.18 Å². The van der Waals surface area contributed by atoms with Crippen LogP contribution < -0.4 is 11.2 Å². The van der Waals surface area contributed by atoms with Gasteiger partial charge in [-0.3, -0.25) is 18.9 Å². The molecule has 4 atom stereocenters. The van der Waals surface area contributed by atoms with E-state index in [-0.39, 0.29) is 13.0 Å². The zero-order chi connectivity index (χ0) is 15.8. The number of aryl methyl sites for hydroxylation is 1. The summed E-state index contributed by atoms with van der Waals surface area (Å²) in [4.78, 5) is 34.1. The van der Waals surface area contributed by atoms with Crippen LogP contribution in [0.2, 0.25) is 0 Å². The number of ether oxygens (including phenoxy) is 1. The second-order valence-electron chi connectivity index (χ2n) is 4.96. The maximum Gasteiger partial charge on any atom is 0.330 e. The summed E-state index contributed by atoms with van der Waals surface area (Å²) in [6.45, 7) is 2.11. The van der Waals surface area contributed by atoms with Crippen molar-refractivity contribution in [2.24, 2.45) is 0 Å². The number of hydrogen-bond acceptors (Lipinski definition) is 5. The van der Waals surface area contributed by atoms with Gasteiger partial charge in [-0.1, -0.05) is 0 Å². The van der Waals surface area contributed by atoms with E-state index in [0.29, 0.717) is 5.56 Å². The third kappa shape index (κ3) is 3.88.